The molecule has 8 heteroatoms. The zero-order valence-corrected chi connectivity index (χ0v) is 11.7. The maximum absolute atomic E-state index is 12.4. The first-order chi connectivity index (χ1) is 4.50. The van der Waals surface area contributed by atoms with Crippen LogP contribution >= 0.6 is 37.4 Å². The summed E-state index contributed by atoms with van der Waals surface area (Å²) in [4.78, 5) is 1.01. The summed E-state index contributed by atoms with van der Waals surface area (Å²) in [7, 11) is -4.05. The number of rotatable bonds is 1. The van der Waals surface area contributed by atoms with Gasteiger partial charge in [-0.25, -0.2) is 0 Å². The van der Waals surface area contributed by atoms with Crippen molar-refractivity contribution in [3.8, 4) is 0 Å². The van der Waals surface area contributed by atoms with Crippen LogP contribution in [0.2, 0.25) is 4.97 Å². The molecule has 0 amide bonds. The van der Waals surface area contributed by atoms with E-state index >= 15 is 0 Å². The van der Waals surface area contributed by atoms with Crippen molar-refractivity contribution in [3.63, 3.8) is 0 Å². The average molecular weight is 515 g/mol. The van der Waals surface area contributed by atoms with Gasteiger partial charge in [-0.05, 0) is 0 Å². The van der Waals surface area contributed by atoms with Crippen molar-refractivity contribution in [1.82, 2.24) is 0 Å². The molecule has 0 unspecified atom stereocenters. The molecule has 0 radical (unpaired) electrons. The Balaban J connectivity index is 4.75. The van der Waals surface area contributed by atoms with Crippen LogP contribution in [0, 0.1) is 0 Å². The van der Waals surface area contributed by atoms with E-state index in [1.165, 1.54) is 37.4 Å². The third-order valence-electron chi connectivity index (χ3n) is 0.780. The Morgan fingerprint density at radius 2 is 1.27 bits per heavy atom. The van der Waals surface area contributed by atoms with Gasteiger partial charge in [-0.15, -0.1) is 0 Å². The topological polar surface area (TPSA) is 0 Å². The second-order valence-electron chi connectivity index (χ2n) is 1.74. The van der Waals surface area contributed by atoms with E-state index in [0.717, 1.165) is 4.97 Å². The standard InChI is InChI=1S/C3H3F5I2Te/c1-11(9,10)3(7,8)2(4,5)6/h1H3. The second-order valence-corrected chi connectivity index (χ2v) is 42.3. The van der Waals surface area contributed by atoms with Crippen molar-refractivity contribution in [1.29, 1.82) is 0 Å². The van der Waals surface area contributed by atoms with Crippen LogP contribution in [0.5, 0.6) is 0 Å². The molecular weight excluding hydrogens is 512 g/mol. The molecule has 0 aliphatic rings. The molecule has 0 atom stereocenters. The fourth-order valence-electron chi connectivity index (χ4n) is 0.203. The van der Waals surface area contributed by atoms with Gasteiger partial charge in [0, 0.05) is 0 Å². The summed E-state index contributed by atoms with van der Waals surface area (Å²) in [6.07, 6.45) is -5.38. The quantitative estimate of drug-likeness (QED) is 0.284. The molecular formula is C3H3F5I2Te. The minimum atomic E-state index is -5.38. The van der Waals surface area contributed by atoms with Crippen LogP contribution < -0.4 is 0 Å². The molecule has 0 fully saturated rings. The summed E-state index contributed by atoms with van der Waals surface area (Å²) in [6.45, 7) is 0. The summed E-state index contributed by atoms with van der Waals surface area (Å²) in [6, 6.07) is 0. The number of alkyl halides is 5. The molecule has 70 valence electrons. The van der Waals surface area contributed by atoms with Gasteiger partial charge in [0.05, 0.1) is 0 Å². The van der Waals surface area contributed by atoms with Crippen molar-refractivity contribution in [2.45, 2.75) is 15.1 Å². The summed E-state index contributed by atoms with van der Waals surface area (Å²) in [5.74, 6) is 0. The molecule has 0 saturated heterocycles. The molecule has 0 N–H and O–H groups in total. The Morgan fingerprint density at radius 3 is 1.27 bits per heavy atom. The average Bonchev–Trinajstić information content (AvgIpc) is 1.58. The molecule has 0 nitrogen and oxygen atoms in total. The van der Waals surface area contributed by atoms with Gasteiger partial charge in [0.15, 0.2) is 0 Å². The number of hydrogen-bond donors (Lipinski definition) is 0. The van der Waals surface area contributed by atoms with E-state index in [4.69, 9.17) is 0 Å². The van der Waals surface area contributed by atoms with Crippen LogP contribution in [0.15, 0.2) is 0 Å². The van der Waals surface area contributed by atoms with Gasteiger partial charge in [-0.1, -0.05) is 0 Å². The van der Waals surface area contributed by atoms with Gasteiger partial charge >= 0.3 is 84.8 Å². The predicted octanol–water partition coefficient (Wildman–Crippen LogP) is 3.67. The summed E-state index contributed by atoms with van der Waals surface area (Å²) in [5, 5.41) is 0. The molecule has 0 aliphatic heterocycles. The Labute approximate surface area is 83.6 Å². The van der Waals surface area contributed by atoms with Crippen LogP contribution in [0.25, 0.3) is 0 Å². The SMILES string of the molecule is C[Te](I)(I)C(F)(F)C(F)(F)F. The first kappa shape index (κ1) is 12.9. The Hall–Kier alpha value is 1.90. The minimum absolute atomic E-state index is 1.01. The maximum atomic E-state index is 12.4. The monoisotopic (exact) mass is 518 g/mol. The van der Waals surface area contributed by atoms with E-state index in [2.05, 4.69) is 0 Å². The van der Waals surface area contributed by atoms with Crippen LogP contribution in [-0.4, -0.2) is 20.4 Å². The van der Waals surface area contributed by atoms with Gasteiger partial charge in [-0.3, -0.25) is 0 Å². The Kier molecular flexibility index (Phi) is 4.19. The van der Waals surface area contributed by atoms with Gasteiger partial charge < -0.3 is 0 Å². The third-order valence-corrected chi connectivity index (χ3v) is 11.4. The van der Waals surface area contributed by atoms with E-state index in [0.29, 0.717) is 0 Å². The van der Waals surface area contributed by atoms with Crippen LogP contribution in [0.4, 0.5) is 22.0 Å². The van der Waals surface area contributed by atoms with Gasteiger partial charge in [-0.2, -0.15) is 0 Å². The molecule has 0 aromatic carbocycles. The molecule has 0 aromatic rings. The van der Waals surface area contributed by atoms with Crippen molar-refractivity contribution in [2.75, 3.05) is 0 Å². The van der Waals surface area contributed by atoms with Crippen LogP contribution in [0.3, 0.4) is 0 Å². The second kappa shape index (κ2) is 3.57. The summed E-state index contributed by atoms with van der Waals surface area (Å²) >= 11 is 2.50. The molecule has 0 rings (SSSR count). The Bertz CT molecular complexity index is 131. The summed E-state index contributed by atoms with van der Waals surface area (Å²) in [5.41, 5.74) is 0. The van der Waals surface area contributed by atoms with Crippen molar-refractivity contribution >= 4 is 47.7 Å². The van der Waals surface area contributed by atoms with Gasteiger partial charge in [0.1, 0.15) is 0 Å². The van der Waals surface area contributed by atoms with E-state index in [1.54, 1.807) is 0 Å². The van der Waals surface area contributed by atoms with E-state index in [1.807, 2.05) is 0 Å². The molecule has 0 aromatic heterocycles. The molecule has 0 saturated carbocycles. The Morgan fingerprint density at radius 1 is 1.00 bits per heavy atom. The van der Waals surface area contributed by atoms with Crippen molar-refractivity contribution < 1.29 is 22.0 Å². The van der Waals surface area contributed by atoms with Crippen molar-refractivity contribution in [2.24, 2.45) is 0 Å². The molecule has 0 bridgehead atoms. The molecule has 11 heavy (non-hydrogen) atoms. The number of halogens is 7. The summed E-state index contributed by atoms with van der Waals surface area (Å²) < 4.78 is 55.2. The first-order valence-electron chi connectivity index (χ1n) is 2.12. The van der Waals surface area contributed by atoms with E-state index < -0.39 is 20.4 Å². The van der Waals surface area contributed by atoms with Crippen LogP contribution in [-0.2, 0) is 0 Å². The molecule has 0 spiro atoms. The van der Waals surface area contributed by atoms with E-state index in [9.17, 15) is 22.0 Å². The van der Waals surface area contributed by atoms with Gasteiger partial charge in [0.25, 0.3) is 0 Å². The molecule has 0 aliphatic carbocycles. The third kappa shape index (κ3) is 2.94. The number of hydrogen-bond acceptors (Lipinski definition) is 0. The zero-order valence-electron chi connectivity index (χ0n) is 5.05. The molecule has 0 heterocycles. The van der Waals surface area contributed by atoms with Gasteiger partial charge in [0.2, 0.25) is 0 Å². The van der Waals surface area contributed by atoms with Crippen LogP contribution in [0.1, 0.15) is 0 Å². The predicted molar refractivity (Wildman–Crippen MR) is 50.7 cm³/mol. The normalized spacial score (nSPS) is 16.7. The van der Waals surface area contributed by atoms with E-state index in [-0.39, 0.29) is 0 Å². The zero-order chi connectivity index (χ0) is 9.50. The van der Waals surface area contributed by atoms with Crippen molar-refractivity contribution in [3.05, 3.63) is 0 Å². The fourth-order valence-corrected chi connectivity index (χ4v) is 4.71. The fraction of sp³-hybridized carbons (Fsp3) is 1.00. The first-order valence-corrected chi connectivity index (χ1v) is 19.2.